The molecule has 304 valence electrons. The smallest absolute Gasteiger partial charge is 0.261 e. The molecule has 0 spiro atoms. The maximum Gasteiger partial charge on any atom is 0.261 e. The largest absolute Gasteiger partial charge is 0.493 e. The second-order valence-corrected chi connectivity index (χ2v) is 14.5. The lowest BCUT2D eigenvalue weighted by Gasteiger charge is -2.27. The van der Waals surface area contributed by atoms with Crippen LogP contribution in [0.4, 0.5) is 11.4 Å². The van der Waals surface area contributed by atoms with Crippen LogP contribution in [0, 0.1) is 0 Å². The van der Waals surface area contributed by atoms with Crippen LogP contribution in [0.25, 0.3) is 22.5 Å². The number of pyridine rings is 2. The fourth-order valence-electron chi connectivity index (χ4n) is 5.34. The van der Waals surface area contributed by atoms with E-state index in [1.807, 2.05) is 48.8 Å². The zero-order valence-corrected chi connectivity index (χ0v) is 34.5. The minimum Gasteiger partial charge on any atom is -0.493 e. The molecule has 0 aliphatic rings. The van der Waals surface area contributed by atoms with E-state index in [0.29, 0.717) is 47.0 Å². The summed E-state index contributed by atoms with van der Waals surface area (Å²) in [7, 11) is 2.30. The molecule has 2 heterocycles. The quantitative estimate of drug-likeness (QED) is 0.132. The molecule has 0 fully saturated rings. The van der Waals surface area contributed by atoms with Gasteiger partial charge in [0.05, 0.1) is 90.3 Å². The van der Waals surface area contributed by atoms with Crippen molar-refractivity contribution in [2.75, 3.05) is 91.1 Å². The Hall–Kier alpha value is -5.04. The average molecular weight is 809 g/mol. The summed E-state index contributed by atoms with van der Waals surface area (Å²) in [4.78, 5) is 14.2. The van der Waals surface area contributed by atoms with Crippen molar-refractivity contribution in [1.82, 2.24) is 9.97 Å². The van der Waals surface area contributed by atoms with E-state index in [-0.39, 0.29) is 0 Å². The average Bonchev–Trinajstić information content (AvgIpc) is 3.15. The standard InChI is InChI=1S/C35H44N4O6.2CH4O3S/c1-9-38(26-12-14-28(36-22-26)24-18-30(40-3)34(44-7)31(19-24)41-4)16-11-17-39(10-2)27-13-15-29(37-23-27)25-20-32(42-5)35(45-8)33(21-25)43-6;2*1-5(2,3)4/h12-15,18-23H,9-11,16-17H2,1-8H3;2*1H3,(H,2,3,4). The molecule has 55 heavy (non-hydrogen) atoms. The SMILES string of the molecule is CCN(CCCN(CC)c1ccc(-c2cc(OC)c(OC)c(OC)c2)nc1)c1ccc(-c2cc(OC)c(OC)c(OC)c2)nc1.CS(=O)(=O)O.CS(=O)(=O)O. The summed E-state index contributed by atoms with van der Waals surface area (Å²) >= 11 is 0. The highest BCUT2D eigenvalue weighted by Gasteiger charge is 2.17. The number of benzene rings is 2. The summed E-state index contributed by atoms with van der Waals surface area (Å²) < 4.78 is 84.7. The monoisotopic (exact) mass is 808 g/mol. The highest BCUT2D eigenvalue weighted by molar-refractivity contribution is 7.85. The Morgan fingerprint density at radius 2 is 0.836 bits per heavy atom. The molecule has 0 aliphatic heterocycles. The molecule has 16 nitrogen and oxygen atoms in total. The highest BCUT2D eigenvalue weighted by Crippen LogP contribution is 2.42. The van der Waals surface area contributed by atoms with Crippen LogP contribution in [-0.2, 0) is 20.2 Å². The van der Waals surface area contributed by atoms with Gasteiger partial charge in [-0.25, -0.2) is 0 Å². The maximum absolute atomic E-state index is 9.19. The summed E-state index contributed by atoms with van der Waals surface area (Å²) in [6, 6.07) is 15.9. The number of rotatable bonds is 16. The molecule has 0 atom stereocenters. The zero-order valence-electron chi connectivity index (χ0n) is 32.9. The summed E-state index contributed by atoms with van der Waals surface area (Å²) in [5, 5.41) is 0. The van der Waals surface area contributed by atoms with E-state index >= 15 is 0 Å². The van der Waals surface area contributed by atoms with Crippen molar-refractivity contribution < 1.29 is 54.4 Å². The van der Waals surface area contributed by atoms with Crippen LogP contribution >= 0.6 is 0 Å². The molecule has 0 radical (unpaired) electrons. The molecule has 4 aromatic rings. The number of anilines is 2. The number of methoxy groups -OCH3 is 6. The second-order valence-electron chi connectivity index (χ2n) is 11.6. The first-order chi connectivity index (χ1) is 25.9. The molecule has 2 N–H and O–H groups in total. The van der Waals surface area contributed by atoms with Crippen molar-refractivity contribution >= 4 is 31.6 Å². The van der Waals surface area contributed by atoms with E-state index in [1.165, 1.54) is 0 Å². The zero-order chi connectivity index (χ0) is 41.3. The van der Waals surface area contributed by atoms with E-state index in [1.54, 1.807) is 42.7 Å². The normalized spacial score (nSPS) is 10.8. The van der Waals surface area contributed by atoms with Gasteiger partial charge in [0.15, 0.2) is 23.0 Å². The molecule has 0 saturated carbocycles. The number of hydrogen-bond acceptors (Lipinski definition) is 14. The second kappa shape index (κ2) is 21.7. The third kappa shape index (κ3) is 15.0. The van der Waals surface area contributed by atoms with Crippen LogP contribution in [0.1, 0.15) is 20.3 Å². The van der Waals surface area contributed by atoms with Crippen molar-refractivity contribution in [3.8, 4) is 57.0 Å². The van der Waals surface area contributed by atoms with Crippen molar-refractivity contribution in [3.63, 3.8) is 0 Å². The van der Waals surface area contributed by atoms with E-state index in [4.69, 9.17) is 47.5 Å². The van der Waals surface area contributed by atoms with Crippen LogP contribution in [-0.4, -0.2) is 117 Å². The fraction of sp³-hybridized carbons (Fsp3) is 0.405. The summed E-state index contributed by atoms with van der Waals surface area (Å²) in [5.74, 6) is 3.51. The predicted molar refractivity (Wildman–Crippen MR) is 214 cm³/mol. The van der Waals surface area contributed by atoms with Crippen molar-refractivity contribution in [2.24, 2.45) is 0 Å². The van der Waals surface area contributed by atoms with Gasteiger partial charge in [-0.15, -0.1) is 0 Å². The van der Waals surface area contributed by atoms with Gasteiger partial charge < -0.3 is 38.2 Å². The van der Waals surface area contributed by atoms with Crippen LogP contribution in [0.15, 0.2) is 60.9 Å². The van der Waals surface area contributed by atoms with Gasteiger partial charge in [-0.05, 0) is 68.8 Å². The molecule has 18 heteroatoms. The molecule has 4 rings (SSSR count). The number of aromatic nitrogens is 2. The number of hydrogen-bond donors (Lipinski definition) is 2. The molecule has 0 aliphatic carbocycles. The molecule has 0 bridgehead atoms. The lowest BCUT2D eigenvalue weighted by atomic mass is 10.1. The molecule has 2 aromatic carbocycles. The number of ether oxygens (including phenoxy) is 6. The third-order valence-corrected chi connectivity index (χ3v) is 7.77. The van der Waals surface area contributed by atoms with E-state index < -0.39 is 20.2 Å². The van der Waals surface area contributed by atoms with E-state index in [0.717, 1.165) is 66.5 Å². The van der Waals surface area contributed by atoms with Crippen molar-refractivity contribution in [1.29, 1.82) is 0 Å². The third-order valence-electron chi connectivity index (χ3n) is 7.77. The van der Waals surface area contributed by atoms with Crippen LogP contribution in [0.5, 0.6) is 34.5 Å². The fourth-order valence-corrected chi connectivity index (χ4v) is 5.34. The number of nitrogens with zero attached hydrogens (tertiary/aromatic N) is 4. The minimum atomic E-state index is -3.67. The molecule has 0 unspecified atom stereocenters. The van der Waals surface area contributed by atoms with Gasteiger partial charge in [0, 0.05) is 37.3 Å². The Labute approximate surface area is 324 Å². The Kier molecular flexibility index (Phi) is 18.2. The summed E-state index contributed by atoms with van der Waals surface area (Å²) in [5.41, 5.74) is 5.59. The lowest BCUT2D eigenvalue weighted by Crippen LogP contribution is -2.30. The molecular formula is C37H52N4O12S2. The maximum atomic E-state index is 9.19. The van der Waals surface area contributed by atoms with Crippen LogP contribution in [0.3, 0.4) is 0 Å². The van der Waals surface area contributed by atoms with E-state index in [9.17, 15) is 16.8 Å². The van der Waals surface area contributed by atoms with Crippen LogP contribution < -0.4 is 38.2 Å². The van der Waals surface area contributed by atoms with Gasteiger partial charge in [0.1, 0.15) is 0 Å². The summed E-state index contributed by atoms with van der Waals surface area (Å²) in [6.07, 6.45) is 6.25. The van der Waals surface area contributed by atoms with Crippen LogP contribution in [0.2, 0.25) is 0 Å². The summed E-state index contributed by atoms with van der Waals surface area (Å²) in [6.45, 7) is 7.88. The first-order valence-electron chi connectivity index (χ1n) is 16.8. The Morgan fingerprint density at radius 3 is 1.04 bits per heavy atom. The Bertz CT molecular complexity index is 1800. The minimum absolute atomic E-state index is 0.559. The molecule has 0 saturated heterocycles. The Balaban J connectivity index is 0.000000926. The van der Waals surface area contributed by atoms with E-state index in [2.05, 4.69) is 35.8 Å². The van der Waals surface area contributed by atoms with Gasteiger partial charge in [-0.1, -0.05) is 0 Å². The topological polar surface area (TPSA) is 196 Å². The Morgan fingerprint density at radius 1 is 0.545 bits per heavy atom. The molecular weight excluding hydrogens is 757 g/mol. The first-order valence-corrected chi connectivity index (χ1v) is 20.5. The van der Waals surface area contributed by atoms with Crippen molar-refractivity contribution in [2.45, 2.75) is 20.3 Å². The van der Waals surface area contributed by atoms with Gasteiger partial charge in [0.2, 0.25) is 11.5 Å². The van der Waals surface area contributed by atoms with Gasteiger partial charge in [-0.3, -0.25) is 19.1 Å². The predicted octanol–water partition coefficient (Wildman–Crippen LogP) is 5.61. The molecule has 0 amide bonds. The van der Waals surface area contributed by atoms with Gasteiger partial charge >= 0.3 is 0 Å². The van der Waals surface area contributed by atoms with Crippen molar-refractivity contribution in [3.05, 3.63) is 60.9 Å². The first kappa shape index (κ1) is 46.1. The van der Waals surface area contributed by atoms with Gasteiger partial charge in [0.25, 0.3) is 20.2 Å². The highest BCUT2D eigenvalue weighted by atomic mass is 32.2. The molecule has 2 aromatic heterocycles. The lowest BCUT2D eigenvalue weighted by molar-refractivity contribution is 0.324. The van der Waals surface area contributed by atoms with Gasteiger partial charge in [-0.2, -0.15) is 16.8 Å².